The lowest BCUT2D eigenvalue weighted by Crippen LogP contribution is -2.66. The number of rotatable bonds is 1. The number of likely N-dealkylation sites (N-methyl/N-ethyl adjacent to an activating group) is 1. The zero-order chi connectivity index (χ0) is 26.5. The van der Waals surface area contributed by atoms with Gasteiger partial charge in [0.25, 0.3) is 5.91 Å². The average molecular weight is 493 g/mol. The summed E-state index contributed by atoms with van der Waals surface area (Å²) in [6.45, 7) is 11.2. The first-order valence-electron chi connectivity index (χ1n) is 13.5. The molecular formula is C30H40N2O4. The molecule has 6 heteroatoms. The maximum absolute atomic E-state index is 14.3. The molecular weight excluding hydrogens is 452 g/mol. The van der Waals surface area contributed by atoms with Crippen LogP contribution in [0, 0.1) is 50.2 Å². The summed E-state index contributed by atoms with van der Waals surface area (Å²) in [5.41, 5.74) is -0.499. The number of carbonyl (C=O) groups is 3. The number of nitrogens with zero attached hydrogens (tertiary/aromatic N) is 2. The Morgan fingerprint density at radius 2 is 1.75 bits per heavy atom. The summed E-state index contributed by atoms with van der Waals surface area (Å²) in [4.78, 5) is 42.1. The van der Waals surface area contributed by atoms with E-state index in [1.54, 1.807) is 11.9 Å². The Bertz CT molecular complexity index is 1160. The van der Waals surface area contributed by atoms with Crippen LogP contribution in [0.2, 0.25) is 0 Å². The summed E-state index contributed by atoms with van der Waals surface area (Å²) in [7, 11) is 3.26. The second-order valence-electron chi connectivity index (χ2n) is 13.7. The fourth-order valence-corrected chi connectivity index (χ4v) is 9.48. The topological polar surface area (TPSA) is 87.5 Å². The first-order chi connectivity index (χ1) is 16.7. The van der Waals surface area contributed by atoms with Crippen molar-refractivity contribution >= 4 is 17.7 Å². The summed E-state index contributed by atoms with van der Waals surface area (Å²) in [6, 6.07) is 2.02. The lowest BCUT2D eigenvalue weighted by molar-refractivity contribution is -0.190. The molecule has 0 spiro atoms. The van der Waals surface area contributed by atoms with Crippen molar-refractivity contribution in [2.45, 2.75) is 85.6 Å². The molecule has 36 heavy (non-hydrogen) atoms. The van der Waals surface area contributed by atoms with Crippen LogP contribution in [0.5, 0.6) is 0 Å². The number of allylic oxidation sites excluding steroid dienone is 1. The van der Waals surface area contributed by atoms with E-state index in [0.717, 1.165) is 50.5 Å². The smallest absolute Gasteiger partial charge is 0.312 e. The highest BCUT2D eigenvalue weighted by Gasteiger charge is 2.70. The van der Waals surface area contributed by atoms with Gasteiger partial charge in [0.05, 0.1) is 12.5 Å². The number of nitriles is 1. The third-order valence-corrected chi connectivity index (χ3v) is 11.7. The van der Waals surface area contributed by atoms with Gasteiger partial charge in [0, 0.05) is 24.4 Å². The predicted octanol–water partition coefficient (Wildman–Crippen LogP) is 4.99. The van der Waals surface area contributed by atoms with E-state index in [1.165, 1.54) is 7.11 Å². The van der Waals surface area contributed by atoms with Gasteiger partial charge in [0.1, 0.15) is 11.6 Å². The summed E-state index contributed by atoms with van der Waals surface area (Å²) in [6.07, 6.45) is 9.47. The van der Waals surface area contributed by atoms with E-state index >= 15 is 0 Å². The number of amides is 1. The van der Waals surface area contributed by atoms with E-state index in [-0.39, 0.29) is 57.4 Å². The van der Waals surface area contributed by atoms with E-state index in [9.17, 15) is 19.6 Å². The SMILES string of the molecule is COC(=O)[C@]12CCC(C)(C)C[C@H]1[C@H]1C(=O)C=C3[C@@]4(C)C=C(C#N)C(=O)N(C)[C@@H]4CC[C@@]3(C)[C@]1(C)CC2. The Balaban J connectivity index is 1.69. The predicted molar refractivity (Wildman–Crippen MR) is 135 cm³/mol. The normalized spacial score (nSPS) is 45.2. The molecule has 0 bridgehead atoms. The van der Waals surface area contributed by atoms with Gasteiger partial charge in [-0.25, -0.2) is 0 Å². The molecule has 1 aliphatic heterocycles. The van der Waals surface area contributed by atoms with Crippen LogP contribution < -0.4 is 0 Å². The van der Waals surface area contributed by atoms with Crippen LogP contribution in [0.3, 0.4) is 0 Å². The number of hydrogen-bond acceptors (Lipinski definition) is 5. The number of esters is 1. The van der Waals surface area contributed by atoms with E-state index < -0.39 is 10.8 Å². The second-order valence-corrected chi connectivity index (χ2v) is 13.7. The van der Waals surface area contributed by atoms with Crippen molar-refractivity contribution in [1.82, 2.24) is 4.90 Å². The minimum absolute atomic E-state index is 0.0547. The average Bonchev–Trinajstić information content (AvgIpc) is 2.82. The third-order valence-electron chi connectivity index (χ3n) is 11.7. The van der Waals surface area contributed by atoms with Crippen molar-refractivity contribution in [3.05, 3.63) is 23.3 Å². The maximum Gasteiger partial charge on any atom is 0.312 e. The van der Waals surface area contributed by atoms with E-state index in [4.69, 9.17) is 4.74 Å². The van der Waals surface area contributed by atoms with Crippen molar-refractivity contribution in [1.29, 1.82) is 5.26 Å². The number of ketones is 1. The zero-order valence-electron chi connectivity index (χ0n) is 22.9. The molecule has 5 aliphatic rings. The minimum Gasteiger partial charge on any atom is -0.469 e. The van der Waals surface area contributed by atoms with Gasteiger partial charge in [-0.15, -0.1) is 0 Å². The molecule has 0 N–H and O–H groups in total. The van der Waals surface area contributed by atoms with Crippen molar-refractivity contribution in [3.8, 4) is 6.07 Å². The van der Waals surface area contributed by atoms with Gasteiger partial charge in [-0.3, -0.25) is 14.4 Å². The molecule has 6 nitrogen and oxygen atoms in total. The van der Waals surface area contributed by atoms with Crippen LogP contribution in [-0.4, -0.2) is 42.8 Å². The van der Waals surface area contributed by atoms with Crippen molar-refractivity contribution < 1.29 is 19.1 Å². The Hall–Kier alpha value is -2.42. The molecule has 194 valence electrons. The third kappa shape index (κ3) is 2.92. The quantitative estimate of drug-likeness (QED) is 0.481. The number of ether oxygens (including phenoxy) is 1. The van der Waals surface area contributed by atoms with Crippen molar-refractivity contribution in [3.63, 3.8) is 0 Å². The number of methoxy groups -OCH3 is 1. The number of fused-ring (bicyclic) bond motifs is 7. The molecule has 0 unspecified atom stereocenters. The molecule has 5 rings (SSSR count). The highest BCUT2D eigenvalue weighted by Crippen LogP contribution is 2.73. The summed E-state index contributed by atoms with van der Waals surface area (Å²) in [5, 5.41) is 9.72. The zero-order valence-corrected chi connectivity index (χ0v) is 22.9. The molecule has 0 radical (unpaired) electrons. The van der Waals surface area contributed by atoms with Crippen LogP contribution in [0.1, 0.15) is 79.6 Å². The largest absolute Gasteiger partial charge is 0.469 e. The van der Waals surface area contributed by atoms with Crippen LogP contribution in [0.15, 0.2) is 23.3 Å². The van der Waals surface area contributed by atoms with Crippen molar-refractivity contribution in [2.24, 2.45) is 38.9 Å². The molecule has 7 atom stereocenters. The van der Waals surface area contributed by atoms with Gasteiger partial charge < -0.3 is 9.64 Å². The van der Waals surface area contributed by atoms with Gasteiger partial charge in [-0.05, 0) is 84.8 Å². The molecule has 0 aromatic heterocycles. The molecule has 0 aromatic carbocycles. The lowest BCUT2D eigenvalue weighted by atomic mass is 9.35. The molecule has 0 aromatic rings. The number of carbonyl (C=O) groups excluding carboxylic acids is 3. The van der Waals surface area contributed by atoms with Crippen molar-refractivity contribution in [2.75, 3.05) is 14.2 Å². The highest BCUT2D eigenvalue weighted by atomic mass is 16.5. The van der Waals surface area contributed by atoms with Crippen LogP contribution in [0.4, 0.5) is 0 Å². The summed E-state index contributed by atoms with van der Waals surface area (Å²) in [5.74, 6) is -0.584. The Morgan fingerprint density at radius 1 is 1.08 bits per heavy atom. The minimum atomic E-state index is -0.599. The summed E-state index contributed by atoms with van der Waals surface area (Å²) >= 11 is 0. The summed E-state index contributed by atoms with van der Waals surface area (Å²) < 4.78 is 5.39. The molecule has 4 aliphatic carbocycles. The first-order valence-corrected chi connectivity index (χ1v) is 13.5. The molecule has 1 heterocycles. The standard InChI is InChI=1S/C30H40N2O4/c1-26(2)10-12-30(25(35)36-7)13-11-29(5)23(19(30)16-26)20(33)14-21-27(3)15-18(17-31)24(34)32(6)22(27)8-9-28(21,29)4/h14-15,19,22-23H,8-13,16H2,1-7H3/t19-,22+,23-,27+,28+,29+,30-/m0/s1. The van der Waals surface area contributed by atoms with Gasteiger partial charge >= 0.3 is 5.97 Å². The molecule has 1 amide bonds. The Kier molecular flexibility index (Phi) is 5.30. The Labute approximate surface area is 215 Å². The van der Waals surface area contributed by atoms with E-state index in [0.29, 0.717) is 0 Å². The molecule has 3 fully saturated rings. The van der Waals surface area contributed by atoms with Gasteiger partial charge in [-0.1, -0.05) is 34.6 Å². The van der Waals surface area contributed by atoms with Crippen LogP contribution >= 0.6 is 0 Å². The van der Waals surface area contributed by atoms with Crippen LogP contribution in [0.25, 0.3) is 0 Å². The second kappa shape index (κ2) is 7.55. The maximum atomic E-state index is 14.3. The first kappa shape index (κ1) is 25.2. The van der Waals surface area contributed by atoms with Gasteiger partial charge in [0.2, 0.25) is 0 Å². The fraction of sp³-hybridized carbons (Fsp3) is 0.733. The van der Waals surface area contributed by atoms with Gasteiger partial charge in [0.15, 0.2) is 5.78 Å². The van der Waals surface area contributed by atoms with E-state index in [1.807, 2.05) is 12.2 Å². The van der Waals surface area contributed by atoms with Gasteiger partial charge in [-0.2, -0.15) is 5.26 Å². The molecule has 0 saturated heterocycles. The monoisotopic (exact) mass is 492 g/mol. The number of hydrogen-bond donors (Lipinski definition) is 0. The van der Waals surface area contributed by atoms with Crippen LogP contribution in [-0.2, 0) is 19.1 Å². The fourth-order valence-electron chi connectivity index (χ4n) is 9.48. The highest BCUT2D eigenvalue weighted by molar-refractivity contribution is 6.00. The van der Waals surface area contributed by atoms with E-state index in [2.05, 4.69) is 40.7 Å². The molecule has 3 saturated carbocycles. The lowest BCUT2D eigenvalue weighted by Gasteiger charge is -2.68. The Morgan fingerprint density at radius 3 is 2.39 bits per heavy atom.